The van der Waals surface area contributed by atoms with Crippen molar-refractivity contribution in [3.8, 4) is 0 Å². The molecule has 0 bridgehead atoms. The summed E-state index contributed by atoms with van der Waals surface area (Å²) in [6.45, 7) is 13.9. The molecule has 0 aromatic carbocycles. The summed E-state index contributed by atoms with van der Waals surface area (Å²) in [7, 11) is -3.28. The van der Waals surface area contributed by atoms with Crippen LogP contribution in [0, 0.1) is 23.2 Å². The van der Waals surface area contributed by atoms with E-state index in [2.05, 4.69) is 34.6 Å². The smallest absolute Gasteiger partial charge is 0.195 e. The maximum Gasteiger partial charge on any atom is 0.281 e. The van der Waals surface area contributed by atoms with E-state index in [1.807, 2.05) is 0 Å². The molecule has 2 aliphatic heterocycles. The number of hydrogen-bond donors (Lipinski definition) is 0. The Labute approximate surface area is 137 Å². The molecule has 2 saturated heterocycles. The third kappa shape index (κ3) is 4.24. The molecule has 4 nitrogen and oxygen atoms in total. The molecule has 130 valence electrons. The van der Waals surface area contributed by atoms with Gasteiger partial charge < -0.3 is 0 Å². The van der Waals surface area contributed by atoms with Crippen molar-refractivity contribution in [3.63, 3.8) is 0 Å². The highest BCUT2D eigenvalue weighted by atomic mass is 32.2. The van der Waals surface area contributed by atoms with Gasteiger partial charge in [-0.3, -0.25) is 0 Å². The first-order chi connectivity index (χ1) is 10.1. The monoisotopic (exact) mass is 330 g/mol. The molecule has 0 unspecified atom stereocenters. The Bertz CT molecular complexity index is 460. The highest BCUT2D eigenvalue weighted by Gasteiger charge is 2.37. The molecule has 2 aliphatic rings. The Hall–Kier alpha value is -0.130. The van der Waals surface area contributed by atoms with Crippen molar-refractivity contribution in [3.05, 3.63) is 0 Å². The van der Waals surface area contributed by atoms with Gasteiger partial charge in [-0.05, 0) is 48.9 Å². The number of hydrogen-bond acceptors (Lipinski definition) is 2. The number of piperidine rings is 1. The second kappa shape index (κ2) is 6.78. The van der Waals surface area contributed by atoms with Gasteiger partial charge in [-0.15, -0.1) is 0 Å². The third-order valence-electron chi connectivity index (χ3n) is 5.40. The van der Waals surface area contributed by atoms with Crippen LogP contribution in [0.5, 0.6) is 0 Å². The Morgan fingerprint density at radius 2 is 1.50 bits per heavy atom. The molecule has 22 heavy (non-hydrogen) atoms. The van der Waals surface area contributed by atoms with Crippen molar-refractivity contribution in [2.45, 2.75) is 60.3 Å². The molecule has 2 fully saturated rings. The third-order valence-corrected chi connectivity index (χ3v) is 7.37. The van der Waals surface area contributed by atoms with E-state index in [1.54, 1.807) is 8.61 Å². The average Bonchev–Trinajstić information content (AvgIpc) is 2.63. The normalized spacial score (nSPS) is 33.6. The van der Waals surface area contributed by atoms with Gasteiger partial charge in [0.15, 0.2) is 0 Å². The second-order valence-electron chi connectivity index (χ2n) is 8.66. The van der Waals surface area contributed by atoms with Crippen LogP contribution < -0.4 is 0 Å². The van der Waals surface area contributed by atoms with Crippen molar-refractivity contribution >= 4 is 10.2 Å². The molecule has 0 saturated carbocycles. The lowest BCUT2D eigenvalue weighted by Gasteiger charge is -2.37. The Kier molecular flexibility index (Phi) is 5.61. The molecule has 3 atom stereocenters. The zero-order valence-electron chi connectivity index (χ0n) is 15.0. The fraction of sp³-hybridized carbons (Fsp3) is 1.00. The van der Waals surface area contributed by atoms with E-state index in [0.717, 1.165) is 25.7 Å². The van der Waals surface area contributed by atoms with Crippen LogP contribution in [0.4, 0.5) is 0 Å². The van der Waals surface area contributed by atoms with Gasteiger partial charge >= 0.3 is 0 Å². The first-order valence-corrected chi connectivity index (χ1v) is 10.3. The Morgan fingerprint density at radius 1 is 0.909 bits per heavy atom. The molecule has 0 spiro atoms. The molecule has 0 aromatic rings. The maximum atomic E-state index is 13.0. The second-order valence-corrected chi connectivity index (χ2v) is 10.6. The predicted octanol–water partition coefficient (Wildman–Crippen LogP) is 3.36. The van der Waals surface area contributed by atoms with E-state index in [-0.39, 0.29) is 5.41 Å². The van der Waals surface area contributed by atoms with Crippen molar-refractivity contribution in [1.29, 1.82) is 0 Å². The zero-order valence-corrected chi connectivity index (χ0v) is 15.8. The van der Waals surface area contributed by atoms with Gasteiger partial charge in [0.1, 0.15) is 0 Å². The fourth-order valence-corrected chi connectivity index (χ4v) is 6.03. The van der Waals surface area contributed by atoms with E-state index in [1.165, 1.54) is 0 Å². The van der Waals surface area contributed by atoms with Gasteiger partial charge in [0, 0.05) is 26.2 Å². The van der Waals surface area contributed by atoms with Crippen molar-refractivity contribution in [1.82, 2.24) is 8.61 Å². The van der Waals surface area contributed by atoms with Crippen LogP contribution in [-0.2, 0) is 10.2 Å². The standard InChI is InChI=1S/C17H34N2O2S/c1-14-11-15(2)13-19(12-14)22(20,21)18-9-6-7-16(8-10-18)17(3,4)5/h14-16H,6-13H2,1-5H3/t14-,15-,16-/m1/s1. The SMILES string of the molecule is C[C@@H]1C[C@@H](C)CN(S(=O)(=O)N2CCC[C@@H](C(C)(C)C)CC2)C1. The van der Waals surface area contributed by atoms with Gasteiger partial charge in [0.2, 0.25) is 0 Å². The van der Waals surface area contributed by atoms with Crippen LogP contribution in [0.15, 0.2) is 0 Å². The van der Waals surface area contributed by atoms with Gasteiger partial charge in [0.25, 0.3) is 10.2 Å². The first kappa shape index (κ1) is 18.2. The highest BCUT2D eigenvalue weighted by molar-refractivity contribution is 7.86. The summed E-state index contributed by atoms with van der Waals surface area (Å²) in [5.41, 5.74) is 0.272. The lowest BCUT2D eigenvalue weighted by Crippen LogP contribution is -2.49. The highest BCUT2D eigenvalue weighted by Crippen LogP contribution is 2.35. The van der Waals surface area contributed by atoms with Crippen molar-refractivity contribution in [2.75, 3.05) is 26.2 Å². The lowest BCUT2D eigenvalue weighted by molar-refractivity contribution is 0.203. The molecule has 0 N–H and O–H groups in total. The molecule has 0 aliphatic carbocycles. The summed E-state index contributed by atoms with van der Waals surface area (Å²) in [6, 6.07) is 0. The average molecular weight is 331 g/mol. The van der Waals surface area contributed by atoms with E-state index in [9.17, 15) is 8.42 Å². The molecule has 2 heterocycles. The largest absolute Gasteiger partial charge is 0.281 e. The summed E-state index contributed by atoms with van der Waals surface area (Å²) >= 11 is 0. The topological polar surface area (TPSA) is 40.6 Å². The summed E-state index contributed by atoms with van der Waals surface area (Å²) in [4.78, 5) is 0. The van der Waals surface area contributed by atoms with Crippen LogP contribution in [0.1, 0.15) is 60.3 Å². The summed E-state index contributed by atoms with van der Waals surface area (Å²) in [6.07, 6.45) is 4.25. The maximum absolute atomic E-state index is 13.0. The van der Waals surface area contributed by atoms with Crippen LogP contribution in [0.25, 0.3) is 0 Å². The molecule has 0 amide bonds. The summed E-state index contributed by atoms with van der Waals surface area (Å²) in [5.74, 6) is 1.55. The molecule has 0 aromatic heterocycles. The molecule has 5 heteroatoms. The van der Waals surface area contributed by atoms with Crippen LogP contribution >= 0.6 is 0 Å². The minimum Gasteiger partial charge on any atom is -0.195 e. The Balaban J connectivity index is 2.06. The van der Waals surface area contributed by atoms with Crippen LogP contribution in [0.2, 0.25) is 0 Å². The van der Waals surface area contributed by atoms with Gasteiger partial charge in [-0.1, -0.05) is 34.6 Å². The predicted molar refractivity (Wildman–Crippen MR) is 91.8 cm³/mol. The molecule has 2 rings (SSSR count). The molecular formula is C17H34N2O2S. The molecular weight excluding hydrogens is 296 g/mol. The summed E-state index contributed by atoms with van der Waals surface area (Å²) in [5, 5.41) is 0. The van der Waals surface area contributed by atoms with Gasteiger partial charge in [0.05, 0.1) is 0 Å². The lowest BCUT2D eigenvalue weighted by atomic mass is 9.77. The van der Waals surface area contributed by atoms with Crippen molar-refractivity contribution in [2.24, 2.45) is 23.2 Å². The molecule has 0 radical (unpaired) electrons. The Morgan fingerprint density at radius 3 is 2.05 bits per heavy atom. The number of nitrogens with zero attached hydrogens (tertiary/aromatic N) is 2. The fourth-order valence-electron chi connectivity index (χ4n) is 4.12. The number of rotatable bonds is 2. The van der Waals surface area contributed by atoms with Crippen molar-refractivity contribution < 1.29 is 8.42 Å². The minimum atomic E-state index is -3.28. The van der Waals surface area contributed by atoms with Crippen LogP contribution in [-0.4, -0.2) is 43.2 Å². The van der Waals surface area contributed by atoms with Gasteiger partial charge in [-0.25, -0.2) is 0 Å². The van der Waals surface area contributed by atoms with Crippen LogP contribution in [0.3, 0.4) is 0 Å². The van der Waals surface area contributed by atoms with E-state index >= 15 is 0 Å². The summed E-state index contributed by atoms with van der Waals surface area (Å²) < 4.78 is 29.5. The van der Waals surface area contributed by atoms with E-state index in [4.69, 9.17) is 0 Å². The quantitative estimate of drug-likeness (QED) is 0.779. The van der Waals surface area contributed by atoms with E-state index < -0.39 is 10.2 Å². The first-order valence-electron chi connectivity index (χ1n) is 8.86. The zero-order chi connectivity index (χ0) is 16.5. The van der Waals surface area contributed by atoms with Gasteiger partial charge in [-0.2, -0.15) is 17.0 Å². The minimum absolute atomic E-state index is 0.272. The van der Waals surface area contributed by atoms with E-state index in [0.29, 0.717) is 43.9 Å².